The highest BCUT2D eigenvalue weighted by molar-refractivity contribution is 5.68. The van der Waals surface area contributed by atoms with Crippen LogP contribution in [0.5, 0.6) is 0 Å². The molecule has 15 heavy (non-hydrogen) atoms. The van der Waals surface area contributed by atoms with E-state index in [9.17, 15) is 9.90 Å². The fourth-order valence-corrected chi connectivity index (χ4v) is 1.52. The average Bonchev–Trinajstić information content (AvgIpc) is 2.00. The van der Waals surface area contributed by atoms with Gasteiger partial charge in [-0.1, -0.05) is 0 Å². The molecule has 1 rings (SSSR count). The van der Waals surface area contributed by atoms with Crippen LogP contribution in [0.3, 0.4) is 0 Å². The second kappa shape index (κ2) is 4.37. The van der Waals surface area contributed by atoms with Gasteiger partial charge in [-0.05, 0) is 27.2 Å². The van der Waals surface area contributed by atoms with Crippen molar-refractivity contribution >= 4 is 6.09 Å². The minimum Gasteiger partial charge on any atom is -0.444 e. The van der Waals surface area contributed by atoms with E-state index < -0.39 is 17.8 Å². The molecular formula is C10H19NO4. The quantitative estimate of drug-likeness (QED) is 0.713. The second-order valence-corrected chi connectivity index (χ2v) is 4.76. The van der Waals surface area contributed by atoms with E-state index in [0.29, 0.717) is 6.42 Å². The Hall–Kier alpha value is -0.810. The van der Waals surface area contributed by atoms with E-state index in [4.69, 9.17) is 9.47 Å². The summed E-state index contributed by atoms with van der Waals surface area (Å²) in [7, 11) is 1.51. The van der Waals surface area contributed by atoms with Crippen LogP contribution >= 0.6 is 0 Å². The number of carbonyl (C=O) groups is 1. The first-order valence-electron chi connectivity index (χ1n) is 5.04. The van der Waals surface area contributed by atoms with Gasteiger partial charge in [-0.3, -0.25) is 0 Å². The second-order valence-electron chi connectivity index (χ2n) is 4.76. The molecule has 0 spiro atoms. The van der Waals surface area contributed by atoms with Crippen LogP contribution in [0.2, 0.25) is 0 Å². The molecule has 0 bridgehead atoms. The summed E-state index contributed by atoms with van der Waals surface area (Å²) in [4.78, 5) is 11.4. The van der Waals surface area contributed by atoms with Gasteiger partial charge in [0.1, 0.15) is 11.7 Å². The van der Waals surface area contributed by atoms with E-state index in [1.807, 2.05) is 0 Å². The smallest absolute Gasteiger partial charge is 0.407 e. The molecule has 88 valence electrons. The summed E-state index contributed by atoms with van der Waals surface area (Å²) >= 11 is 0. The van der Waals surface area contributed by atoms with Crippen LogP contribution < -0.4 is 5.32 Å². The molecule has 0 aromatic rings. The fourth-order valence-electron chi connectivity index (χ4n) is 1.52. The van der Waals surface area contributed by atoms with Crippen LogP contribution in [0.15, 0.2) is 0 Å². The van der Waals surface area contributed by atoms with Gasteiger partial charge in [0.2, 0.25) is 0 Å². The Balaban J connectivity index is 2.34. The number of ether oxygens (including phenoxy) is 2. The van der Waals surface area contributed by atoms with Crippen molar-refractivity contribution in [3.05, 3.63) is 0 Å². The highest BCUT2D eigenvalue weighted by Gasteiger charge is 2.41. The van der Waals surface area contributed by atoms with E-state index in [1.165, 1.54) is 7.11 Å². The molecule has 1 fully saturated rings. The predicted octanol–water partition coefficient (Wildman–Crippen LogP) is 0.659. The van der Waals surface area contributed by atoms with Gasteiger partial charge >= 0.3 is 6.09 Å². The lowest BCUT2D eigenvalue weighted by Crippen LogP contribution is -2.60. The molecular weight excluding hydrogens is 198 g/mol. The normalized spacial score (nSPS) is 30.6. The van der Waals surface area contributed by atoms with Crippen LogP contribution in [0, 0.1) is 0 Å². The van der Waals surface area contributed by atoms with Gasteiger partial charge < -0.3 is 19.9 Å². The Morgan fingerprint density at radius 3 is 2.47 bits per heavy atom. The Morgan fingerprint density at radius 1 is 1.47 bits per heavy atom. The first-order chi connectivity index (χ1) is 6.83. The SMILES string of the molecule is CO[C@H]1[C@@H](NC(=O)OC(C)(C)C)C[C@@H]1O. The number of methoxy groups -OCH3 is 1. The van der Waals surface area contributed by atoms with Gasteiger partial charge in [0.25, 0.3) is 0 Å². The van der Waals surface area contributed by atoms with Gasteiger partial charge in [-0.25, -0.2) is 4.79 Å². The molecule has 0 aromatic heterocycles. The van der Waals surface area contributed by atoms with Crippen LogP contribution in [0.4, 0.5) is 4.79 Å². The molecule has 1 aliphatic carbocycles. The zero-order valence-electron chi connectivity index (χ0n) is 9.61. The predicted molar refractivity (Wildman–Crippen MR) is 54.6 cm³/mol. The third kappa shape index (κ3) is 3.35. The highest BCUT2D eigenvalue weighted by atomic mass is 16.6. The van der Waals surface area contributed by atoms with Crippen molar-refractivity contribution < 1.29 is 19.4 Å². The number of carbonyl (C=O) groups excluding carboxylic acids is 1. The summed E-state index contributed by atoms with van der Waals surface area (Å²) in [5, 5.41) is 12.0. The van der Waals surface area contributed by atoms with Crippen LogP contribution in [-0.2, 0) is 9.47 Å². The maximum atomic E-state index is 11.4. The first-order valence-corrected chi connectivity index (χ1v) is 5.04. The number of alkyl carbamates (subject to hydrolysis) is 1. The van der Waals surface area contributed by atoms with E-state index in [2.05, 4.69) is 5.32 Å². The molecule has 1 aliphatic rings. The standard InChI is InChI=1S/C10H19NO4/c1-10(2,3)15-9(13)11-6-5-7(12)8(6)14-4/h6-8,12H,5H2,1-4H3,(H,11,13)/t6-,7-,8-/m0/s1. The minimum absolute atomic E-state index is 0.153. The zero-order chi connectivity index (χ0) is 11.6. The van der Waals surface area contributed by atoms with E-state index in [-0.39, 0.29) is 12.1 Å². The molecule has 0 aliphatic heterocycles. The molecule has 5 nitrogen and oxygen atoms in total. The summed E-state index contributed by atoms with van der Waals surface area (Å²) < 4.78 is 10.1. The van der Waals surface area contributed by atoms with E-state index >= 15 is 0 Å². The van der Waals surface area contributed by atoms with Crippen molar-refractivity contribution in [2.75, 3.05) is 7.11 Å². The van der Waals surface area contributed by atoms with Crippen molar-refractivity contribution in [1.82, 2.24) is 5.32 Å². The molecule has 0 unspecified atom stereocenters. The lowest BCUT2D eigenvalue weighted by Gasteiger charge is -2.40. The monoisotopic (exact) mass is 217 g/mol. The van der Waals surface area contributed by atoms with Gasteiger partial charge in [0.05, 0.1) is 12.1 Å². The van der Waals surface area contributed by atoms with Crippen LogP contribution in [0.1, 0.15) is 27.2 Å². The molecule has 3 atom stereocenters. The van der Waals surface area contributed by atoms with Crippen molar-refractivity contribution in [2.45, 2.75) is 51.0 Å². The molecule has 1 amide bonds. The maximum Gasteiger partial charge on any atom is 0.407 e. The summed E-state index contributed by atoms with van der Waals surface area (Å²) in [5.74, 6) is 0. The van der Waals surface area contributed by atoms with E-state index in [0.717, 1.165) is 0 Å². The summed E-state index contributed by atoms with van der Waals surface area (Å²) in [6.07, 6.45) is -0.772. The Labute approximate surface area is 89.8 Å². The molecule has 0 radical (unpaired) electrons. The Morgan fingerprint density at radius 2 is 2.07 bits per heavy atom. The van der Waals surface area contributed by atoms with Crippen molar-refractivity contribution in [3.8, 4) is 0 Å². The summed E-state index contributed by atoms with van der Waals surface area (Å²) in [5.41, 5.74) is -0.505. The Kier molecular flexibility index (Phi) is 3.57. The van der Waals surface area contributed by atoms with Crippen molar-refractivity contribution in [3.63, 3.8) is 0 Å². The van der Waals surface area contributed by atoms with Crippen molar-refractivity contribution in [2.24, 2.45) is 0 Å². The zero-order valence-corrected chi connectivity index (χ0v) is 9.61. The third-order valence-corrected chi connectivity index (χ3v) is 2.25. The topological polar surface area (TPSA) is 67.8 Å². The lowest BCUT2D eigenvalue weighted by atomic mass is 9.85. The fraction of sp³-hybridized carbons (Fsp3) is 0.900. The number of hydrogen-bond acceptors (Lipinski definition) is 4. The van der Waals surface area contributed by atoms with Gasteiger partial charge in [0.15, 0.2) is 0 Å². The molecule has 0 heterocycles. The number of aliphatic hydroxyl groups is 1. The number of aliphatic hydroxyl groups excluding tert-OH is 1. The van der Waals surface area contributed by atoms with Crippen LogP contribution in [-0.4, -0.2) is 42.2 Å². The maximum absolute atomic E-state index is 11.4. The number of rotatable bonds is 2. The van der Waals surface area contributed by atoms with E-state index in [1.54, 1.807) is 20.8 Å². The van der Waals surface area contributed by atoms with Crippen molar-refractivity contribution in [1.29, 1.82) is 0 Å². The molecule has 0 saturated heterocycles. The van der Waals surface area contributed by atoms with Crippen LogP contribution in [0.25, 0.3) is 0 Å². The molecule has 5 heteroatoms. The lowest BCUT2D eigenvalue weighted by molar-refractivity contribution is -0.101. The summed E-state index contributed by atoms with van der Waals surface area (Å²) in [6.45, 7) is 5.40. The Bertz CT molecular complexity index is 236. The number of hydrogen-bond donors (Lipinski definition) is 2. The first kappa shape index (κ1) is 12.3. The summed E-state index contributed by atoms with van der Waals surface area (Å²) in [6, 6.07) is -0.153. The van der Waals surface area contributed by atoms with Gasteiger partial charge in [0, 0.05) is 7.11 Å². The van der Waals surface area contributed by atoms with Gasteiger partial charge in [-0.2, -0.15) is 0 Å². The largest absolute Gasteiger partial charge is 0.444 e. The number of amides is 1. The third-order valence-electron chi connectivity index (χ3n) is 2.25. The average molecular weight is 217 g/mol. The van der Waals surface area contributed by atoms with Gasteiger partial charge in [-0.15, -0.1) is 0 Å². The molecule has 2 N–H and O–H groups in total. The number of nitrogens with one attached hydrogen (secondary N) is 1. The molecule has 0 aromatic carbocycles. The highest BCUT2D eigenvalue weighted by Crippen LogP contribution is 2.23. The minimum atomic E-state index is -0.505. The molecule has 1 saturated carbocycles.